The number of amides is 2. The molecule has 0 bridgehead atoms. The molecule has 3 atom stereocenters. The molecule has 2 amide bonds. The molecule has 1 heterocycles. The van der Waals surface area contributed by atoms with E-state index in [-0.39, 0.29) is 30.6 Å². The Morgan fingerprint density at radius 3 is 2.21 bits per heavy atom. The quantitative estimate of drug-likeness (QED) is 0.255. The first-order valence-electron chi connectivity index (χ1n) is 13.0. The molecular formula is C29H36ClFN4O7. The number of carbonyl (C=O) groups excluding carboxylic acids is 2. The second-order valence-electron chi connectivity index (χ2n) is 10.5. The maximum atomic E-state index is 13.0. The predicted molar refractivity (Wildman–Crippen MR) is 157 cm³/mol. The number of benzene rings is 2. The van der Waals surface area contributed by atoms with Crippen molar-refractivity contribution in [3.05, 3.63) is 71.5 Å². The van der Waals surface area contributed by atoms with Crippen molar-refractivity contribution in [2.75, 3.05) is 29.9 Å². The van der Waals surface area contributed by atoms with Crippen molar-refractivity contribution >= 4 is 46.7 Å². The van der Waals surface area contributed by atoms with Gasteiger partial charge >= 0.3 is 11.9 Å². The van der Waals surface area contributed by atoms with E-state index in [0.29, 0.717) is 41.6 Å². The topological polar surface area (TPSA) is 173 Å². The van der Waals surface area contributed by atoms with Crippen LogP contribution in [0.5, 0.6) is 0 Å². The van der Waals surface area contributed by atoms with Crippen molar-refractivity contribution in [1.29, 1.82) is 0 Å². The molecule has 0 spiro atoms. The standard InChI is InChI=1S/C25H32ClFN4O3.C4H4O4/c1-16(24(34)29-18-10-8-17(27)9-11-18)12-22(32)20(28)13-30-14-23(33)31(15-25(30,2)3)21-7-5-4-6-19(21)26;5-3(6)1-2-4(7)8/h4-11,16,20,22,32H,12-15,28H2,1-3H3,(H,29,34);1-2H,(H,5,6)(H,7,8)/b;2-1+/t16-,20+,22+;/m1./s1. The predicted octanol–water partition coefficient (Wildman–Crippen LogP) is 2.97. The minimum atomic E-state index is -1.26. The van der Waals surface area contributed by atoms with Gasteiger partial charge in [0.05, 0.1) is 23.4 Å². The van der Waals surface area contributed by atoms with Crippen molar-refractivity contribution in [3.63, 3.8) is 0 Å². The largest absolute Gasteiger partial charge is 0.478 e. The summed E-state index contributed by atoms with van der Waals surface area (Å²) in [6, 6.07) is 12.1. The van der Waals surface area contributed by atoms with Gasteiger partial charge in [-0.1, -0.05) is 30.7 Å². The van der Waals surface area contributed by atoms with Crippen LogP contribution in [0.15, 0.2) is 60.7 Å². The van der Waals surface area contributed by atoms with Gasteiger partial charge in [-0.2, -0.15) is 0 Å². The first-order valence-corrected chi connectivity index (χ1v) is 13.4. The lowest BCUT2D eigenvalue weighted by molar-refractivity contribution is -0.134. The van der Waals surface area contributed by atoms with Crippen molar-refractivity contribution in [2.45, 2.75) is 44.9 Å². The van der Waals surface area contributed by atoms with Crippen molar-refractivity contribution < 1.29 is 38.9 Å². The lowest BCUT2D eigenvalue weighted by Crippen LogP contribution is -2.64. The summed E-state index contributed by atoms with van der Waals surface area (Å²) in [6.07, 6.45) is 0.328. The third-order valence-corrected chi connectivity index (χ3v) is 6.94. The number of anilines is 2. The van der Waals surface area contributed by atoms with Gasteiger partial charge in [0.25, 0.3) is 0 Å². The molecule has 0 radical (unpaired) electrons. The van der Waals surface area contributed by atoms with E-state index in [4.69, 9.17) is 27.5 Å². The first kappa shape index (κ1) is 34.4. The van der Waals surface area contributed by atoms with Crippen molar-refractivity contribution in [2.24, 2.45) is 11.7 Å². The second-order valence-corrected chi connectivity index (χ2v) is 10.9. The van der Waals surface area contributed by atoms with Crippen LogP contribution in [-0.4, -0.2) is 81.3 Å². The Kier molecular flexibility index (Phi) is 12.6. The van der Waals surface area contributed by atoms with Crippen molar-refractivity contribution in [3.8, 4) is 0 Å². The molecule has 42 heavy (non-hydrogen) atoms. The number of rotatable bonds is 10. The molecule has 228 valence electrons. The van der Waals surface area contributed by atoms with Gasteiger partial charge in [0.1, 0.15) is 5.82 Å². The number of nitrogens with zero attached hydrogens (tertiary/aromatic N) is 2. The van der Waals surface area contributed by atoms with Crippen LogP contribution in [0.4, 0.5) is 15.8 Å². The summed E-state index contributed by atoms with van der Waals surface area (Å²) >= 11 is 6.30. The smallest absolute Gasteiger partial charge is 0.328 e. The Morgan fingerprint density at radius 1 is 1.10 bits per heavy atom. The maximum absolute atomic E-state index is 13.0. The van der Waals surface area contributed by atoms with Crippen LogP contribution in [0.25, 0.3) is 0 Å². The highest BCUT2D eigenvalue weighted by Gasteiger charge is 2.40. The number of aliphatic hydroxyl groups is 1. The number of carbonyl (C=O) groups is 4. The lowest BCUT2D eigenvalue weighted by atomic mass is 9.94. The van der Waals surface area contributed by atoms with E-state index in [0.717, 1.165) is 0 Å². The van der Waals surface area contributed by atoms with Crippen LogP contribution in [0.1, 0.15) is 27.2 Å². The van der Waals surface area contributed by atoms with Gasteiger partial charge in [-0.15, -0.1) is 0 Å². The third kappa shape index (κ3) is 10.5. The zero-order chi connectivity index (χ0) is 31.6. The molecule has 1 aliphatic rings. The van der Waals surface area contributed by atoms with Gasteiger partial charge in [0.2, 0.25) is 11.8 Å². The number of para-hydroxylation sites is 1. The molecule has 1 fully saturated rings. The molecule has 0 aliphatic carbocycles. The van der Waals surface area contributed by atoms with Gasteiger partial charge in [-0.25, -0.2) is 14.0 Å². The SMILES string of the molecule is C[C@H](C[C@H](O)[C@@H](N)CN1CC(=O)N(c2ccccc2Cl)CC1(C)C)C(=O)Nc1ccc(F)cc1.O=C(O)/C=C/C(=O)O. The Morgan fingerprint density at radius 2 is 1.67 bits per heavy atom. The van der Waals surface area contributed by atoms with Gasteiger partial charge < -0.3 is 31.3 Å². The minimum Gasteiger partial charge on any atom is -0.478 e. The third-order valence-electron chi connectivity index (χ3n) is 6.62. The molecule has 1 aliphatic heterocycles. The fraction of sp³-hybridized carbons (Fsp3) is 0.379. The number of aliphatic carboxylic acids is 2. The summed E-state index contributed by atoms with van der Waals surface area (Å²) in [6.45, 7) is 6.59. The molecule has 2 aromatic carbocycles. The number of carboxylic acids is 2. The Balaban J connectivity index is 0.000000675. The van der Waals surface area contributed by atoms with Crippen LogP contribution >= 0.6 is 11.6 Å². The summed E-state index contributed by atoms with van der Waals surface area (Å²) in [5.74, 6) is -3.80. The second kappa shape index (κ2) is 15.4. The van der Waals surface area contributed by atoms with Crippen LogP contribution in [0, 0.1) is 11.7 Å². The highest BCUT2D eigenvalue weighted by Crippen LogP contribution is 2.31. The fourth-order valence-corrected chi connectivity index (χ4v) is 4.44. The molecule has 11 nitrogen and oxygen atoms in total. The van der Waals surface area contributed by atoms with Gasteiger partial charge in [0.15, 0.2) is 0 Å². The maximum Gasteiger partial charge on any atom is 0.328 e. The molecule has 0 aromatic heterocycles. The molecule has 1 saturated heterocycles. The first-order chi connectivity index (χ1) is 19.6. The van der Waals surface area contributed by atoms with Gasteiger partial charge in [-0.3, -0.25) is 14.5 Å². The molecule has 13 heteroatoms. The number of nitrogens with two attached hydrogens (primary N) is 1. The number of hydrogen-bond donors (Lipinski definition) is 5. The summed E-state index contributed by atoms with van der Waals surface area (Å²) in [4.78, 5) is 48.1. The Hall–Kier alpha value is -3.84. The zero-order valence-corrected chi connectivity index (χ0v) is 24.3. The van der Waals surface area contributed by atoms with E-state index >= 15 is 0 Å². The van der Waals surface area contributed by atoms with Crippen molar-refractivity contribution in [1.82, 2.24) is 4.90 Å². The van der Waals surface area contributed by atoms with Gasteiger partial charge in [-0.05, 0) is 56.7 Å². The van der Waals surface area contributed by atoms with E-state index in [1.807, 2.05) is 36.9 Å². The monoisotopic (exact) mass is 606 g/mol. The number of aliphatic hydroxyl groups excluding tert-OH is 1. The molecule has 2 aromatic rings. The molecule has 0 saturated carbocycles. The normalized spacial score (nSPS) is 17.1. The summed E-state index contributed by atoms with van der Waals surface area (Å²) in [7, 11) is 0. The van der Waals surface area contributed by atoms with Crippen LogP contribution < -0.4 is 16.0 Å². The average molecular weight is 607 g/mol. The number of hydrogen-bond acceptors (Lipinski definition) is 7. The van der Waals surface area contributed by atoms with E-state index in [1.165, 1.54) is 24.3 Å². The fourth-order valence-electron chi connectivity index (χ4n) is 4.20. The molecule has 3 rings (SSSR count). The highest BCUT2D eigenvalue weighted by atomic mass is 35.5. The highest BCUT2D eigenvalue weighted by molar-refractivity contribution is 6.33. The van der Waals surface area contributed by atoms with Crippen LogP contribution in [0.2, 0.25) is 5.02 Å². The van der Waals surface area contributed by atoms with Crippen LogP contribution in [0.3, 0.4) is 0 Å². The minimum absolute atomic E-state index is 0.0961. The number of piperazine rings is 1. The van der Waals surface area contributed by atoms with Gasteiger partial charge in [0, 0.05) is 48.4 Å². The Labute approximate surface area is 248 Å². The Bertz CT molecular complexity index is 1270. The molecular weight excluding hydrogens is 571 g/mol. The average Bonchev–Trinajstić information content (AvgIpc) is 2.91. The van der Waals surface area contributed by atoms with E-state index in [9.17, 15) is 28.7 Å². The summed E-state index contributed by atoms with van der Waals surface area (Å²) < 4.78 is 13.0. The van der Waals surface area contributed by atoms with E-state index in [2.05, 4.69) is 5.32 Å². The summed E-state index contributed by atoms with van der Waals surface area (Å²) in [5.41, 5.74) is 7.04. The van der Waals surface area contributed by atoms with E-state index in [1.54, 1.807) is 17.9 Å². The van der Waals surface area contributed by atoms with E-state index < -0.39 is 35.5 Å². The molecule has 6 N–H and O–H groups in total. The number of carboxylic acid groups (broad SMARTS) is 2. The number of halogens is 2. The molecule has 0 unspecified atom stereocenters. The lowest BCUT2D eigenvalue weighted by Gasteiger charge is -2.47. The number of nitrogens with one attached hydrogen (secondary N) is 1. The summed E-state index contributed by atoms with van der Waals surface area (Å²) in [5, 5.41) is 29.5. The van der Waals surface area contributed by atoms with Crippen LogP contribution in [-0.2, 0) is 19.2 Å². The zero-order valence-electron chi connectivity index (χ0n) is 23.5.